The number of rotatable bonds is 3. The molecule has 1 atom stereocenters. The maximum atomic E-state index is 12.5. The number of ether oxygens (including phenoxy) is 1. The van der Waals surface area contributed by atoms with Crippen molar-refractivity contribution in [1.29, 1.82) is 0 Å². The molecular formula is C16H28N2O2. The number of carbonyl (C=O) groups excluding carboxylic acids is 1. The molecule has 3 rings (SSSR count). The normalized spacial score (nSPS) is 30.5. The van der Waals surface area contributed by atoms with Crippen LogP contribution in [0.3, 0.4) is 0 Å². The average Bonchev–Trinajstić information content (AvgIpc) is 2.99. The number of piperidine rings is 1. The molecular weight excluding hydrogens is 252 g/mol. The second-order valence-corrected chi connectivity index (χ2v) is 6.57. The van der Waals surface area contributed by atoms with E-state index in [1.807, 2.05) is 0 Å². The predicted molar refractivity (Wildman–Crippen MR) is 78.6 cm³/mol. The van der Waals surface area contributed by atoms with Crippen molar-refractivity contribution in [2.45, 2.75) is 76.0 Å². The van der Waals surface area contributed by atoms with Crippen LogP contribution < -0.4 is 5.32 Å². The van der Waals surface area contributed by atoms with Crippen molar-refractivity contribution >= 4 is 5.97 Å². The van der Waals surface area contributed by atoms with Gasteiger partial charge in [0.1, 0.15) is 12.1 Å². The van der Waals surface area contributed by atoms with Crippen molar-refractivity contribution in [1.82, 2.24) is 10.2 Å². The first kappa shape index (κ1) is 14.3. The summed E-state index contributed by atoms with van der Waals surface area (Å²) in [7, 11) is 0. The summed E-state index contributed by atoms with van der Waals surface area (Å²) in [6.45, 7) is 3.26. The van der Waals surface area contributed by atoms with E-state index in [1.165, 1.54) is 32.1 Å². The van der Waals surface area contributed by atoms with E-state index in [-0.39, 0.29) is 18.1 Å². The van der Waals surface area contributed by atoms with E-state index in [1.54, 1.807) is 0 Å². The molecule has 114 valence electrons. The van der Waals surface area contributed by atoms with Gasteiger partial charge in [0.15, 0.2) is 0 Å². The Morgan fingerprint density at radius 1 is 0.950 bits per heavy atom. The monoisotopic (exact) mass is 280 g/mol. The van der Waals surface area contributed by atoms with Gasteiger partial charge in [-0.2, -0.15) is 0 Å². The molecule has 0 bridgehead atoms. The van der Waals surface area contributed by atoms with Gasteiger partial charge in [0.2, 0.25) is 0 Å². The van der Waals surface area contributed by atoms with Crippen LogP contribution in [0.5, 0.6) is 0 Å². The lowest BCUT2D eigenvalue weighted by Gasteiger charge is -2.35. The molecule has 0 aromatic heterocycles. The zero-order valence-electron chi connectivity index (χ0n) is 12.5. The number of esters is 1. The van der Waals surface area contributed by atoms with Crippen LogP contribution in [-0.4, -0.2) is 48.7 Å². The van der Waals surface area contributed by atoms with Crippen molar-refractivity contribution < 1.29 is 9.53 Å². The summed E-state index contributed by atoms with van der Waals surface area (Å²) in [5.74, 6) is 0.0629. The molecule has 0 amide bonds. The first-order chi connectivity index (χ1) is 9.84. The van der Waals surface area contributed by atoms with Gasteiger partial charge in [-0.05, 0) is 71.0 Å². The van der Waals surface area contributed by atoms with Gasteiger partial charge in [-0.25, -0.2) is 0 Å². The zero-order valence-corrected chi connectivity index (χ0v) is 12.5. The molecule has 4 heteroatoms. The molecule has 2 heterocycles. The standard InChI is InChI=1S/C16H28N2O2/c19-16(20-14-5-2-1-3-6-14)15-7-4-12-18(15)13-8-10-17-11-9-13/h13-15,17H,1-12H2. The van der Waals surface area contributed by atoms with Crippen molar-refractivity contribution in [2.75, 3.05) is 19.6 Å². The minimum Gasteiger partial charge on any atom is -0.461 e. The molecule has 2 aliphatic heterocycles. The number of nitrogens with one attached hydrogen (secondary N) is 1. The highest BCUT2D eigenvalue weighted by molar-refractivity contribution is 5.76. The summed E-state index contributed by atoms with van der Waals surface area (Å²) in [5.41, 5.74) is 0. The van der Waals surface area contributed by atoms with E-state index in [9.17, 15) is 4.79 Å². The number of likely N-dealkylation sites (tertiary alicyclic amines) is 1. The Labute approximate surface area is 122 Å². The Kier molecular flexibility index (Phi) is 4.94. The lowest BCUT2D eigenvalue weighted by atomic mass is 9.97. The first-order valence-electron chi connectivity index (χ1n) is 8.51. The predicted octanol–water partition coefficient (Wildman–Crippen LogP) is 2.08. The summed E-state index contributed by atoms with van der Waals surface area (Å²) in [5, 5.41) is 3.41. The van der Waals surface area contributed by atoms with Crippen LogP contribution in [0.1, 0.15) is 57.8 Å². The van der Waals surface area contributed by atoms with Crippen LogP contribution in [0.4, 0.5) is 0 Å². The van der Waals surface area contributed by atoms with Crippen molar-refractivity contribution in [3.63, 3.8) is 0 Å². The molecule has 3 fully saturated rings. The summed E-state index contributed by atoms with van der Waals surface area (Å²) >= 11 is 0. The average molecular weight is 280 g/mol. The SMILES string of the molecule is O=C(OC1CCCCC1)C1CCCN1C1CCNCC1. The molecule has 3 aliphatic rings. The number of nitrogens with zero attached hydrogens (tertiary/aromatic N) is 1. The molecule has 4 nitrogen and oxygen atoms in total. The van der Waals surface area contributed by atoms with E-state index in [0.29, 0.717) is 6.04 Å². The largest absolute Gasteiger partial charge is 0.461 e. The van der Waals surface area contributed by atoms with E-state index in [2.05, 4.69) is 10.2 Å². The highest BCUT2D eigenvalue weighted by Crippen LogP contribution is 2.27. The van der Waals surface area contributed by atoms with Crippen LogP contribution >= 0.6 is 0 Å². The third-order valence-corrected chi connectivity index (χ3v) is 5.18. The van der Waals surface area contributed by atoms with Gasteiger partial charge in [0.05, 0.1) is 0 Å². The molecule has 1 unspecified atom stereocenters. The third kappa shape index (κ3) is 3.34. The molecule has 2 saturated heterocycles. The maximum absolute atomic E-state index is 12.5. The molecule has 1 saturated carbocycles. The molecule has 0 aromatic rings. The van der Waals surface area contributed by atoms with Gasteiger partial charge in [-0.3, -0.25) is 9.69 Å². The van der Waals surface area contributed by atoms with Gasteiger partial charge in [-0.15, -0.1) is 0 Å². The Balaban J connectivity index is 1.55. The lowest BCUT2D eigenvalue weighted by Crippen LogP contribution is -2.48. The minimum atomic E-state index is 0.0417. The molecule has 20 heavy (non-hydrogen) atoms. The van der Waals surface area contributed by atoms with Crippen LogP contribution in [-0.2, 0) is 9.53 Å². The molecule has 0 spiro atoms. The smallest absolute Gasteiger partial charge is 0.323 e. The number of hydrogen-bond donors (Lipinski definition) is 1. The summed E-state index contributed by atoms with van der Waals surface area (Å²) in [6, 6.07) is 0.627. The Morgan fingerprint density at radius 2 is 1.70 bits per heavy atom. The molecule has 0 aromatic carbocycles. The Bertz CT molecular complexity index is 322. The summed E-state index contributed by atoms with van der Waals surface area (Å²) < 4.78 is 5.80. The van der Waals surface area contributed by atoms with Crippen molar-refractivity contribution in [3.05, 3.63) is 0 Å². The van der Waals surface area contributed by atoms with Gasteiger partial charge >= 0.3 is 5.97 Å². The molecule has 0 radical (unpaired) electrons. The second-order valence-electron chi connectivity index (χ2n) is 6.57. The third-order valence-electron chi connectivity index (χ3n) is 5.18. The van der Waals surface area contributed by atoms with E-state index >= 15 is 0 Å². The van der Waals surface area contributed by atoms with E-state index in [0.717, 1.165) is 45.3 Å². The first-order valence-corrected chi connectivity index (χ1v) is 8.51. The van der Waals surface area contributed by atoms with E-state index < -0.39 is 0 Å². The lowest BCUT2D eigenvalue weighted by molar-refractivity contribution is -0.157. The topological polar surface area (TPSA) is 41.6 Å². The van der Waals surface area contributed by atoms with Gasteiger partial charge < -0.3 is 10.1 Å². The van der Waals surface area contributed by atoms with Gasteiger partial charge in [0.25, 0.3) is 0 Å². The van der Waals surface area contributed by atoms with Crippen LogP contribution in [0.2, 0.25) is 0 Å². The Hall–Kier alpha value is -0.610. The fourth-order valence-corrected chi connectivity index (χ4v) is 4.04. The van der Waals surface area contributed by atoms with Crippen LogP contribution in [0.15, 0.2) is 0 Å². The highest BCUT2D eigenvalue weighted by atomic mass is 16.5. The van der Waals surface area contributed by atoms with Gasteiger partial charge in [0, 0.05) is 6.04 Å². The van der Waals surface area contributed by atoms with Gasteiger partial charge in [-0.1, -0.05) is 6.42 Å². The van der Waals surface area contributed by atoms with Crippen molar-refractivity contribution in [3.8, 4) is 0 Å². The number of carbonyl (C=O) groups is 1. The van der Waals surface area contributed by atoms with Crippen molar-refractivity contribution in [2.24, 2.45) is 0 Å². The second kappa shape index (κ2) is 6.90. The fourth-order valence-electron chi connectivity index (χ4n) is 4.04. The zero-order chi connectivity index (χ0) is 13.8. The van der Waals surface area contributed by atoms with Crippen LogP contribution in [0, 0.1) is 0 Å². The van der Waals surface area contributed by atoms with Crippen LogP contribution in [0.25, 0.3) is 0 Å². The van der Waals surface area contributed by atoms with E-state index in [4.69, 9.17) is 4.74 Å². The summed E-state index contributed by atoms with van der Waals surface area (Å²) in [6.07, 6.45) is 10.6. The minimum absolute atomic E-state index is 0.0417. The number of hydrogen-bond acceptors (Lipinski definition) is 4. The highest BCUT2D eigenvalue weighted by Gasteiger charge is 2.37. The Morgan fingerprint density at radius 3 is 2.45 bits per heavy atom. The molecule has 1 aliphatic carbocycles. The fraction of sp³-hybridized carbons (Fsp3) is 0.938. The maximum Gasteiger partial charge on any atom is 0.323 e. The quantitative estimate of drug-likeness (QED) is 0.804. The molecule has 1 N–H and O–H groups in total. The summed E-state index contributed by atoms with van der Waals surface area (Å²) in [4.78, 5) is 14.9.